The molecule has 0 amide bonds. The lowest BCUT2D eigenvalue weighted by molar-refractivity contribution is 0.668. The number of fused-ring (bicyclic) bond motifs is 19. The van der Waals surface area contributed by atoms with Gasteiger partial charge in [-0.25, -0.2) is 0 Å². The molecule has 0 radical (unpaired) electrons. The molecule has 29 rings (SSSR count). The van der Waals surface area contributed by atoms with Crippen molar-refractivity contribution in [3.8, 4) is 122 Å². The van der Waals surface area contributed by atoms with Gasteiger partial charge in [-0.3, -0.25) is 0 Å². The number of para-hydroxylation sites is 4. The van der Waals surface area contributed by atoms with Crippen LogP contribution in [0.5, 0.6) is 0 Å². The SMILES string of the molecule is c1ccc(-c2c3ccccc3c(-c3c(-c4ccc5c(c4)oc4ccccc45)ccc4oc5ccccc5c34)c3ccccc23)cc1.c1ccc(-c2cc3oc4ccccc4c3c(-c3ccc(-c4c5ccccc5c(-c5ccccc5)c5ccccc45)c4ccccc34)c2-c2ccccc2)cc1.c1ccc(-c2ccc3oc4ccccc4c3c2-c2c3ccccc3c(-c3ccccc3)c3ccccc23)cc1. The maximum Gasteiger partial charge on any atom is 0.136 e. The molecule has 0 aliphatic rings. The third-order valence-electron chi connectivity index (χ3n) is 28.6. The van der Waals surface area contributed by atoms with Crippen LogP contribution in [0.3, 0.4) is 0 Å². The van der Waals surface area contributed by atoms with Gasteiger partial charge in [0.05, 0.1) is 0 Å². The Bertz CT molecular complexity index is 9810. The van der Waals surface area contributed by atoms with E-state index in [0.29, 0.717) is 0 Å². The van der Waals surface area contributed by atoms with E-state index in [9.17, 15) is 0 Å². The molecule has 0 atom stereocenters. The van der Waals surface area contributed by atoms with Crippen LogP contribution in [0.4, 0.5) is 0 Å². The molecule has 25 aromatic carbocycles. The van der Waals surface area contributed by atoms with Gasteiger partial charge in [-0.1, -0.05) is 455 Å². The zero-order valence-electron chi connectivity index (χ0n) is 76.1. The molecule has 0 spiro atoms. The van der Waals surface area contributed by atoms with Crippen molar-refractivity contribution in [1.29, 1.82) is 0 Å². The Hall–Kier alpha value is -18.5. The van der Waals surface area contributed by atoms with E-state index in [2.05, 4.69) is 485 Å². The highest BCUT2D eigenvalue weighted by atomic mass is 16.3. The molecule has 652 valence electrons. The van der Waals surface area contributed by atoms with Gasteiger partial charge in [0.1, 0.15) is 44.7 Å². The fourth-order valence-corrected chi connectivity index (χ4v) is 22.7. The van der Waals surface area contributed by atoms with Crippen LogP contribution in [0.2, 0.25) is 0 Å². The first-order valence-electron chi connectivity index (χ1n) is 48.0. The van der Waals surface area contributed by atoms with Crippen LogP contribution in [0, 0.1) is 0 Å². The third-order valence-corrected chi connectivity index (χ3v) is 28.6. The summed E-state index contributed by atoms with van der Waals surface area (Å²) in [6.07, 6.45) is 0. The van der Waals surface area contributed by atoms with Crippen LogP contribution >= 0.6 is 0 Å². The summed E-state index contributed by atoms with van der Waals surface area (Å²) in [5.41, 5.74) is 33.6. The van der Waals surface area contributed by atoms with E-state index in [-0.39, 0.29) is 0 Å². The molecule has 4 heterocycles. The maximum absolute atomic E-state index is 6.72. The first kappa shape index (κ1) is 81.1. The predicted molar refractivity (Wildman–Crippen MR) is 591 cm³/mol. The van der Waals surface area contributed by atoms with Crippen molar-refractivity contribution in [2.45, 2.75) is 0 Å². The minimum absolute atomic E-state index is 0.880. The maximum atomic E-state index is 6.72. The third kappa shape index (κ3) is 13.4. The van der Waals surface area contributed by atoms with Gasteiger partial charge < -0.3 is 17.7 Å². The lowest BCUT2D eigenvalue weighted by Crippen LogP contribution is -1.95. The number of rotatable bonds is 11. The largest absolute Gasteiger partial charge is 0.456 e. The molecule has 0 aliphatic carbocycles. The van der Waals surface area contributed by atoms with Crippen LogP contribution in [-0.2, 0) is 0 Å². The summed E-state index contributed by atoms with van der Waals surface area (Å²) in [6, 6.07) is 183. The summed E-state index contributed by atoms with van der Waals surface area (Å²) in [5, 5.41) is 26.3. The molecule has 4 heteroatoms. The molecule has 0 fully saturated rings. The molecular weight excluding hydrogens is 1700 g/mol. The molecule has 0 unspecified atom stereocenters. The van der Waals surface area contributed by atoms with Gasteiger partial charge in [0.2, 0.25) is 0 Å². The van der Waals surface area contributed by atoms with Crippen LogP contribution in [0.1, 0.15) is 0 Å². The zero-order valence-corrected chi connectivity index (χ0v) is 76.1. The molecule has 0 bridgehead atoms. The fraction of sp³-hybridized carbons (Fsp3) is 0. The Morgan fingerprint density at radius 1 is 0.0929 bits per heavy atom. The zero-order chi connectivity index (χ0) is 92.2. The predicted octanol–water partition coefficient (Wildman–Crippen LogP) is 39.1. The molecule has 0 saturated carbocycles. The van der Waals surface area contributed by atoms with E-state index in [1.807, 2.05) is 24.3 Å². The Kier molecular flexibility index (Phi) is 19.6. The van der Waals surface area contributed by atoms with E-state index in [1.165, 1.54) is 176 Å². The van der Waals surface area contributed by atoms with Crippen molar-refractivity contribution in [3.63, 3.8) is 0 Å². The Labute approximate surface area is 807 Å². The average Bonchev–Trinajstić information content (AvgIpc) is 1.11. The quantitative estimate of drug-likeness (QED) is 0.121. The highest BCUT2D eigenvalue weighted by molar-refractivity contribution is 6.32. The average molecular weight is 1780 g/mol. The van der Waals surface area contributed by atoms with E-state index >= 15 is 0 Å². The van der Waals surface area contributed by atoms with Crippen molar-refractivity contribution in [1.82, 2.24) is 0 Å². The van der Waals surface area contributed by atoms with E-state index in [1.54, 1.807) is 0 Å². The number of hydrogen-bond donors (Lipinski definition) is 0. The van der Waals surface area contributed by atoms with Gasteiger partial charge in [0.25, 0.3) is 0 Å². The topological polar surface area (TPSA) is 52.6 Å². The van der Waals surface area contributed by atoms with Gasteiger partial charge in [0, 0.05) is 59.8 Å². The second-order valence-corrected chi connectivity index (χ2v) is 36.3. The first-order chi connectivity index (χ1) is 69.5. The Morgan fingerprint density at radius 3 is 0.693 bits per heavy atom. The van der Waals surface area contributed by atoms with Crippen molar-refractivity contribution < 1.29 is 17.7 Å². The molecule has 0 N–H and O–H groups in total. The van der Waals surface area contributed by atoms with Crippen LogP contribution < -0.4 is 0 Å². The summed E-state index contributed by atoms with van der Waals surface area (Å²) < 4.78 is 26.0. The number of benzene rings is 25. The molecule has 140 heavy (non-hydrogen) atoms. The molecular formula is C136H84O4. The second kappa shape index (κ2) is 33.9. The summed E-state index contributed by atoms with van der Waals surface area (Å²) in [6.45, 7) is 0. The van der Waals surface area contributed by atoms with Gasteiger partial charge in [-0.15, -0.1) is 0 Å². The molecule has 0 saturated heterocycles. The van der Waals surface area contributed by atoms with E-state index < -0.39 is 0 Å². The minimum Gasteiger partial charge on any atom is -0.456 e. The summed E-state index contributed by atoms with van der Waals surface area (Å²) >= 11 is 0. The van der Waals surface area contributed by atoms with Gasteiger partial charge in [0.15, 0.2) is 0 Å². The smallest absolute Gasteiger partial charge is 0.136 e. The van der Waals surface area contributed by atoms with Gasteiger partial charge in [-0.05, 0) is 236 Å². The van der Waals surface area contributed by atoms with Crippen LogP contribution in [0.15, 0.2) is 527 Å². The van der Waals surface area contributed by atoms with E-state index in [0.717, 1.165) is 110 Å². The lowest BCUT2D eigenvalue weighted by atomic mass is 9.81. The normalized spacial score (nSPS) is 11.7. The number of furan rings is 4. The lowest BCUT2D eigenvalue weighted by Gasteiger charge is -2.21. The van der Waals surface area contributed by atoms with Crippen molar-refractivity contribution >= 4 is 163 Å². The van der Waals surface area contributed by atoms with Crippen molar-refractivity contribution in [2.24, 2.45) is 0 Å². The summed E-state index contributed by atoms with van der Waals surface area (Å²) in [5.74, 6) is 0. The van der Waals surface area contributed by atoms with Gasteiger partial charge in [-0.2, -0.15) is 0 Å². The Balaban J connectivity index is 0.000000107. The fourth-order valence-electron chi connectivity index (χ4n) is 22.7. The summed E-state index contributed by atoms with van der Waals surface area (Å²) in [4.78, 5) is 0. The Morgan fingerprint density at radius 2 is 0.329 bits per heavy atom. The molecule has 4 aromatic heterocycles. The van der Waals surface area contributed by atoms with Crippen LogP contribution in [0.25, 0.3) is 286 Å². The molecule has 4 nitrogen and oxygen atoms in total. The monoisotopic (exact) mass is 1780 g/mol. The first-order valence-corrected chi connectivity index (χ1v) is 48.0. The van der Waals surface area contributed by atoms with E-state index in [4.69, 9.17) is 17.7 Å². The highest BCUT2D eigenvalue weighted by Crippen LogP contribution is 2.57. The summed E-state index contributed by atoms with van der Waals surface area (Å²) in [7, 11) is 0. The van der Waals surface area contributed by atoms with Crippen molar-refractivity contribution in [2.75, 3.05) is 0 Å². The molecule has 29 aromatic rings. The minimum atomic E-state index is 0.880. The second-order valence-electron chi connectivity index (χ2n) is 36.3. The van der Waals surface area contributed by atoms with Gasteiger partial charge >= 0.3 is 0 Å². The van der Waals surface area contributed by atoms with Crippen LogP contribution in [-0.4, -0.2) is 0 Å². The molecule has 0 aliphatic heterocycles. The standard InChI is InChI=1S/C54H34O.C44H26O2.C38H24O/c1-4-18-35(19-5-1)47-34-49-53(46-30-16-17-31-48(46)55-49)54(51(47)37-22-8-3-9-23-37)45-33-32-44(38-24-10-11-25-39(38)45)52-42-28-14-12-26-40(42)50(36-20-6-2-7-21-36)41-27-13-15-29-43(41)52;1-2-12-27(13-3-1)41-32-15-4-6-17-34(32)42(35-18-7-5-16-33(35)41)44-29(24-25-39-43(44)36-19-9-11-21-38(36)45-39)28-22-23-31-30-14-8-10-20-37(30)46-40(31)26-28;1-3-13-25(14-4-1)27-23-24-34-37(32-21-11-12-22-33(32)39-34)38(27)36-30-19-9-7-17-28(30)35(26-15-5-2-6-16-26)29-18-8-10-20-31(29)36/h1-34H;1-26H;1-24H. The highest BCUT2D eigenvalue weighted by Gasteiger charge is 2.30. The van der Waals surface area contributed by atoms with Crippen molar-refractivity contribution in [3.05, 3.63) is 510 Å². The number of hydrogen-bond acceptors (Lipinski definition) is 4.